The van der Waals surface area contributed by atoms with Gasteiger partial charge in [0.05, 0.1) is 8.95 Å². The zero-order valence-electron chi connectivity index (χ0n) is 9.58. The van der Waals surface area contributed by atoms with E-state index in [9.17, 15) is 4.39 Å². The van der Waals surface area contributed by atoms with Crippen LogP contribution in [-0.4, -0.2) is 5.84 Å². The van der Waals surface area contributed by atoms with E-state index in [0.717, 1.165) is 0 Å². The maximum atomic E-state index is 13.1. The fourth-order valence-electron chi connectivity index (χ4n) is 1.42. The highest BCUT2D eigenvalue weighted by Gasteiger charge is 2.07. The number of ether oxygens (including phenoxy) is 1. The first-order chi connectivity index (χ1) is 8.97. The van der Waals surface area contributed by atoms with E-state index < -0.39 is 0 Å². The minimum absolute atomic E-state index is 0.0169. The van der Waals surface area contributed by atoms with Crippen LogP contribution < -0.4 is 10.5 Å². The molecule has 0 spiro atoms. The molecule has 0 radical (unpaired) electrons. The first-order valence-electron chi connectivity index (χ1n) is 5.24. The van der Waals surface area contributed by atoms with Crippen molar-refractivity contribution in [3.05, 3.63) is 56.7 Å². The van der Waals surface area contributed by atoms with Crippen LogP contribution in [0.1, 0.15) is 5.56 Å². The Kier molecular flexibility index (Phi) is 4.21. The molecular weight excluding hydrogens is 379 g/mol. The van der Waals surface area contributed by atoms with Gasteiger partial charge < -0.3 is 10.5 Å². The van der Waals surface area contributed by atoms with Crippen LogP contribution in [-0.2, 0) is 0 Å². The highest BCUT2D eigenvalue weighted by molar-refractivity contribution is 9.10. The van der Waals surface area contributed by atoms with Gasteiger partial charge in [0, 0.05) is 5.56 Å². The third-order valence-corrected chi connectivity index (χ3v) is 3.59. The molecule has 0 aliphatic carbocycles. The second-order valence-corrected chi connectivity index (χ2v) is 5.45. The highest BCUT2D eigenvalue weighted by Crippen LogP contribution is 2.32. The molecule has 0 saturated heterocycles. The van der Waals surface area contributed by atoms with Crippen LogP contribution in [0.2, 0.25) is 0 Å². The largest absolute Gasteiger partial charge is 0.456 e. The van der Waals surface area contributed by atoms with E-state index in [1.54, 1.807) is 24.3 Å². The van der Waals surface area contributed by atoms with E-state index in [1.165, 1.54) is 12.1 Å². The summed E-state index contributed by atoms with van der Waals surface area (Å²) in [4.78, 5) is 0. The number of nitrogens with two attached hydrogens (primary N) is 1. The van der Waals surface area contributed by atoms with Crippen molar-refractivity contribution in [3.63, 3.8) is 0 Å². The second kappa shape index (κ2) is 5.71. The molecule has 0 aromatic heterocycles. The smallest absolute Gasteiger partial charge is 0.141 e. The zero-order chi connectivity index (χ0) is 14.0. The lowest BCUT2D eigenvalue weighted by atomic mass is 10.2. The molecule has 19 heavy (non-hydrogen) atoms. The molecule has 0 fully saturated rings. The van der Waals surface area contributed by atoms with Crippen LogP contribution in [0.5, 0.6) is 11.5 Å². The Balaban J connectivity index is 2.28. The molecule has 2 aromatic rings. The van der Waals surface area contributed by atoms with Crippen LogP contribution in [0.25, 0.3) is 0 Å². The summed E-state index contributed by atoms with van der Waals surface area (Å²) in [6.45, 7) is 0. The first-order valence-corrected chi connectivity index (χ1v) is 6.83. The molecule has 0 saturated carbocycles. The Morgan fingerprint density at radius 1 is 1.11 bits per heavy atom. The van der Waals surface area contributed by atoms with Gasteiger partial charge in [-0.15, -0.1) is 0 Å². The Bertz CT molecular complexity index is 647. The van der Waals surface area contributed by atoms with E-state index in [0.29, 0.717) is 26.0 Å². The Labute approximate surface area is 126 Å². The molecule has 0 bridgehead atoms. The van der Waals surface area contributed by atoms with E-state index in [-0.39, 0.29) is 11.7 Å². The van der Waals surface area contributed by atoms with Crippen molar-refractivity contribution in [2.45, 2.75) is 0 Å². The van der Waals surface area contributed by atoms with E-state index in [1.807, 2.05) is 0 Å². The molecule has 2 aromatic carbocycles. The SMILES string of the molecule is N=C(N)c1ccc(Oc2ccc(F)c(Br)c2)c(Br)c1. The van der Waals surface area contributed by atoms with Crippen LogP contribution >= 0.6 is 31.9 Å². The van der Waals surface area contributed by atoms with Crippen molar-refractivity contribution < 1.29 is 9.13 Å². The normalized spacial score (nSPS) is 10.3. The monoisotopic (exact) mass is 386 g/mol. The van der Waals surface area contributed by atoms with Crippen LogP contribution in [0.3, 0.4) is 0 Å². The molecular formula is C13H9Br2FN2O. The van der Waals surface area contributed by atoms with Gasteiger partial charge in [0.15, 0.2) is 0 Å². The molecule has 3 N–H and O–H groups in total. The number of hydrogen-bond donors (Lipinski definition) is 2. The van der Waals surface area contributed by atoms with Crippen molar-refractivity contribution in [2.75, 3.05) is 0 Å². The summed E-state index contributed by atoms with van der Waals surface area (Å²) in [5.41, 5.74) is 5.99. The summed E-state index contributed by atoms with van der Waals surface area (Å²) in [5.74, 6) is 0.697. The number of nitrogens with one attached hydrogen (secondary N) is 1. The minimum Gasteiger partial charge on any atom is -0.456 e. The molecule has 6 heteroatoms. The molecule has 0 amide bonds. The van der Waals surface area contributed by atoms with Gasteiger partial charge in [-0.3, -0.25) is 5.41 Å². The van der Waals surface area contributed by atoms with E-state index >= 15 is 0 Å². The number of hydrogen-bond acceptors (Lipinski definition) is 2. The van der Waals surface area contributed by atoms with Gasteiger partial charge in [-0.25, -0.2) is 4.39 Å². The number of benzene rings is 2. The molecule has 0 aliphatic rings. The van der Waals surface area contributed by atoms with E-state index in [4.69, 9.17) is 15.9 Å². The minimum atomic E-state index is -0.349. The lowest BCUT2D eigenvalue weighted by molar-refractivity contribution is 0.477. The van der Waals surface area contributed by atoms with Crippen LogP contribution in [0.15, 0.2) is 45.3 Å². The molecule has 3 nitrogen and oxygen atoms in total. The molecule has 98 valence electrons. The summed E-state index contributed by atoms with van der Waals surface area (Å²) in [6.07, 6.45) is 0. The third kappa shape index (κ3) is 3.33. The topological polar surface area (TPSA) is 59.1 Å². The van der Waals surface area contributed by atoms with Gasteiger partial charge in [0.2, 0.25) is 0 Å². The predicted molar refractivity (Wildman–Crippen MR) is 79.3 cm³/mol. The van der Waals surface area contributed by atoms with Gasteiger partial charge in [-0.1, -0.05) is 0 Å². The zero-order valence-corrected chi connectivity index (χ0v) is 12.8. The van der Waals surface area contributed by atoms with Gasteiger partial charge in [-0.05, 0) is 68.3 Å². The number of amidine groups is 1. The summed E-state index contributed by atoms with van der Waals surface area (Å²) < 4.78 is 19.7. The summed E-state index contributed by atoms with van der Waals surface area (Å²) in [7, 11) is 0. The summed E-state index contributed by atoms with van der Waals surface area (Å²) in [6, 6.07) is 9.46. The number of nitrogen functional groups attached to an aromatic ring is 1. The van der Waals surface area contributed by atoms with Crippen molar-refractivity contribution in [3.8, 4) is 11.5 Å². The standard InChI is InChI=1S/C13H9Br2FN2O/c14-9-6-8(2-3-11(9)16)19-12-4-1-7(13(17)18)5-10(12)15/h1-6H,(H3,17,18). The first kappa shape index (κ1) is 14.0. The van der Waals surface area contributed by atoms with Crippen molar-refractivity contribution >= 4 is 37.7 Å². The van der Waals surface area contributed by atoms with Crippen LogP contribution in [0.4, 0.5) is 4.39 Å². The Morgan fingerprint density at radius 2 is 1.84 bits per heavy atom. The fraction of sp³-hybridized carbons (Fsp3) is 0. The average molecular weight is 388 g/mol. The molecule has 0 atom stereocenters. The predicted octanol–water partition coefficient (Wildman–Crippen LogP) is 4.43. The third-order valence-electron chi connectivity index (χ3n) is 2.36. The molecule has 2 rings (SSSR count). The van der Waals surface area contributed by atoms with Gasteiger partial charge in [0.1, 0.15) is 23.2 Å². The number of halogens is 3. The molecule has 0 unspecified atom stereocenters. The lowest BCUT2D eigenvalue weighted by Gasteiger charge is -2.09. The van der Waals surface area contributed by atoms with Gasteiger partial charge in [0.25, 0.3) is 0 Å². The summed E-state index contributed by atoms with van der Waals surface area (Å²) in [5, 5.41) is 7.34. The second-order valence-electron chi connectivity index (χ2n) is 3.74. The van der Waals surface area contributed by atoms with Crippen molar-refractivity contribution in [1.82, 2.24) is 0 Å². The van der Waals surface area contributed by atoms with E-state index in [2.05, 4.69) is 31.9 Å². The van der Waals surface area contributed by atoms with Gasteiger partial charge >= 0.3 is 0 Å². The Hall–Kier alpha value is -1.40. The fourth-order valence-corrected chi connectivity index (χ4v) is 2.24. The maximum absolute atomic E-state index is 13.1. The quantitative estimate of drug-likeness (QED) is 0.604. The van der Waals surface area contributed by atoms with Gasteiger partial charge in [-0.2, -0.15) is 0 Å². The average Bonchev–Trinajstić information content (AvgIpc) is 2.36. The lowest BCUT2D eigenvalue weighted by Crippen LogP contribution is -2.10. The maximum Gasteiger partial charge on any atom is 0.141 e. The van der Waals surface area contributed by atoms with Crippen molar-refractivity contribution in [1.29, 1.82) is 5.41 Å². The summed E-state index contributed by atoms with van der Waals surface area (Å²) >= 11 is 6.44. The number of rotatable bonds is 3. The molecule has 0 aliphatic heterocycles. The van der Waals surface area contributed by atoms with Crippen molar-refractivity contribution in [2.24, 2.45) is 5.73 Å². The Morgan fingerprint density at radius 3 is 2.42 bits per heavy atom. The van der Waals surface area contributed by atoms with Crippen LogP contribution in [0, 0.1) is 11.2 Å². The molecule has 0 heterocycles. The highest BCUT2D eigenvalue weighted by atomic mass is 79.9.